The van der Waals surface area contributed by atoms with Gasteiger partial charge in [0.1, 0.15) is 6.61 Å². The van der Waals surface area contributed by atoms with Crippen molar-refractivity contribution in [2.75, 3.05) is 6.54 Å². The lowest BCUT2D eigenvalue weighted by molar-refractivity contribution is -0.124. The Morgan fingerprint density at radius 3 is 2.72 bits per heavy atom. The van der Waals surface area contributed by atoms with Gasteiger partial charge in [-0.3, -0.25) is 4.79 Å². The third kappa shape index (κ3) is 2.44. The molecule has 2 amide bonds. The van der Waals surface area contributed by atoms with Crippen LogP contribution in [0.2, 0.25) is 0 Å². The Labute approximate surface area is 103 Å². The van der Waals surface area contributed by atoms with E-state index in [9.17, 15) is 9.59 Å². The summed E-state index contributed by atoms with van der Waals surface area (Å²) in [7, 11) is 0. The molecule has 18 heavy (non-hydrogen) atoms. The zero-order valence-electron chi connectivity index (χ0n) is 9.57. The van der Waals surface area contributed by atoms with Crippen molar-refractivity contribution >= 4 is 17.7 Å². The fourth-order valence-corrected chi connectivity index (χ4v) is 1.65. The van der Waals surface area contributed by atoms with E-state index in [-0.39, 0.29) is 25.3 Å². The van der Waals surface area contributed by atoms with Gasteiger partial charge >= 0.3 is 17.7 Å². The van der Waals surface area contributed by atoms with Gasteiger partial charge in [-0.15, -0.1) is 0 Å². The Bertz CT molecular complexity index is 521. The molecule has 6 heteroatoms. The van der Waals surface area contributed by atoms with Crippen molar-refractivity contribution in [1.29, 1.82) is 0 Å². The predicted molar refractivity (Wildman–Crippen MR) is 61.6 cm³/mol. The standard InChI is InChI=1S/C12H11N3O3/c13-14-10-6-7-15(11(10)16)12(17)18-8-9-4-2-1-3-5-9/h1-5H,6-8H2. The number of ether oxygens (including phenoxy) is 1. The molecule has 0 radical (unpaired) electrons. The summed E-state index contributed by atoms with van der Waals surface area (Å²) < 4.78 is 5.00. The van der Waals surface area contributed by atoms with Gasteiger partial charge in [0.25, 0.3) is 0 Å². The largest absolute Gasteiger partial charge is 0.444 e. The Balaban J connectivity index is 1.94. The minimum absolute atomic E-state index is 0.0216. The molecular weight excluding hydrogens is 234 g/mol. The van der Waals surface area contributed by atoms with Crippen molar-refractivity contribution in [2.45, 2.75) is 13.0 Å². The molecule has 0 unspecified atom stereocenters. The molecule has 92 valence electrons. The van der Waals surface area contributed by atoms with Gasteiger partial charge in [0.15, 0.2) is 0 Å². The van der Waals surface area contributed by atoms with Crippen molar-refractivity contribution in [3.05, 3.63) is 41.4 Å². The minimum atomic E-state index is -0.720. The first kappa shape index (κ1) is 12.0. The summed E-state index contributed by atoms with van der Waals surface area (Å²) in [5, 5.41) is 0. The number of hydrogen-bond acceptors (Lipinski definition) is 3. The lowest BCUT2D eigenvalue weighted by Gasteiger charge is -2.11. The molecule has 6 nitrogen and oxygen atoms in total. The molecule has 1 aliphatic heterocycles. The van der Waals surface area contributed by atoms with Crippen LogP contribution in [0, 0.1) is 0 Å². The predicted octanol–water partition coefficient (Wildman–Crippen LogP) is 1.23. The highest BCUT2D eigenvalue weighted by Crippen LogP contribution is 2.10. The SMILES string of the molecule is [N-]=[N+]=C1CCN(C(=O)OCc2ccccc2)C1=O. The highest BCUT2D eigenvalue weighted by molar-refractivity contribution is 6.40. The summed E-state index contributed by atoms with van der Waals surface area (Å²) in [5.74, 6) is -0.601. The lowest BCUT2D eigenvalue weighted by Crippen LogP contribution is -2.34. The Morgan fingerprint density at radius 2 is 2.11 bits per heavy atom. The number of imide groups is 1. The van der Waals surface area contributed by atoms with E-state index in [1.165, 1.54) is 0 Å². The minimum Gasteiger partial charge on any atom is -0.444 e. The number of rotatable bonds is 2. The van der Waals surface area contributed by atoms with Gasteiger partial charge in [-0.2, -0.15) is 4.79 Å². The molecule has 0 atom stereocenters. The van der Waals surface area contributed by atoms with Gasteiger partial charge < -0.3 is 10.3 Å². The second-order valence-electron chi connectivity index (χ2n) is 3.79. The maximum absolute atomic E-state index is 11.6. The van der Waals surface area contributed by atoms with Gasteiger partial charge in [-0.1, -0.05) is 30.3 Å². The van der Waals surface area contributed by atoms with Crippen molar-refractivity contribution in [1.82, 2.24) is 4.90 Å². The Kier molecular flexibility index (Phi) is 3.50. The molecule has 1 saturated heterocycles. The normalized spacial score (nSPS) is 14.6. The van der Waals surface area contributed by atoms with Crippen molar-refractivity contribution in [2.24, 2.45) is 0 Å². The summed E-state index contributed by atoms with van der Waals surface area (Å²) in [4.78, 5) is 26.9. The molecule has 1 aromatic carbocycles. The zero-order valence-corrected chi connectivity index (χ0v) is 9.57. The second-order valence-corrected chi connectivity index (χ2v) is 3.79. The zero-order chi connectivity index (χ0) is 13.0. The molecule has 1 aromatic rings. The van der Waals surface area contributed by atoms with E-state index in [1.54, 1.807) is 0 Å². The van der Waals surface area contributed by atoms with Crippen LogP contribution in [0.25, 0.3) is 5.53 Å². The number of amides is 2. The number of carbonyl (C=O) groups excluding carboxylic acids is 2. The van der Waals surface area contributed by atoms with Gasteiger partial charge in [0.05, 0.1) is 6.42 Å². The van der Waals surface area contributed by atoms with Crippen LogP contribution in [-0.4, -0.2) is 33.9 Å². The Hall–Kier alpha value is -2.46. The first-order chi connectivity index (χ1) is 8.72. The average molecular weight is 245 g/mol. The summed E-state index contributed by atoms with van der Waals surface area (Å²) in [5.41, 5.74) is 9.35. The molecule has 0 N–H and O–H groups in total. The molecule has 0 saturated carbocycles. The molecule has 1 heterocycles. The lowest BCUT2D eigenvalue weighted by atomic mass is 10.2. The fraction of sp³-hybridized carbons (Fsp3) is 0.250. The van der Waals surface area contributed by atoms with Gasteiger partial charge in [0.2, 0.25) is 0 Å². The van der Waals surface area contributed by atoms with Crippen LogP contribution in [0.15, 0.2) is 30.3 Å². The van der Waals surface area contributed by atoms with Gasteiger partial charge in [-0.05, 0) is 5.56 Å². The van der Waals surface area contributed by atoms with Crippen LogP contribution in [0.1, 0.15) is 12.0 Å². The number of benzene rings is 1. The van der Waals surface area contributed by atoms with Crippen molar-refractivity contribution < 1.29 is 19.1 Å². The summed E-state index contributed by atoms with van der Waals surface area (Å²) in [6.07, 6.45) is -0.474. The van der Waals surface area contributed by atoms with Gasteiger partial charge in [-0.25, -0.2) is 9.69 Å². The highest BCUT2D eigenvalue weighted by Gasteiger charge is 2.39. The molecule has 0 spiro atoms. The van der Waals surface area contributed by atoms with E-state index in [0.29, 0.717) is 0 Å². The van der Waals surface area contributed by atoms with Crippen LogP contribution in [0.4, 0.5) is 4.79 Å². The first-order valence-corrected chi connectivity index (χ1v) is 5.46. The maximum atomic E-state index is 11.6. The van der Waals surface area contributed by atoms with E-state index in [2.05, 4.69) is 4.79 Å². The monoisotopic (exact) mass is 245 g/mol. The number of carbonyl (C=O) groups is 2. The molecule has 0 bridgehead atoms. The second kappa shape index (κ2) is 5.25. The summed E-state index contributed by atoms with van der Waals surface area (Å²) >= 11 is 0. The van der Waals surface area contributed by atoms with Crippen molar-refractivity contribution in [3.63, 3.8) is 0 Å². The molecular formula is C12H11N3O3. The van der Waals surface area contributed by atoms with Crippen LogP contribution >= 0.6 is 0 Å². The number of hydrogen-bond donors (Lipinski definition) is 0. The molecule has 1 aliphatic rings. The van der Waals surface area contributed by atoms with Crippen LogP contribution < -0.4 is 0 Å². The molecule has 0 aliphatic carbocycles. The van der Waals surface area contributed by atoms with Crippen molar-refractivity contribution in [3.8, 4) is 0 Å². The number of nitrogens with zero attached hydrogens (tertiary/aromatic N) is 3. The third-order valence-corrected chi connectivity index (χ3v) is 2.61. The summed E-state index contributed by atoms with van der Waals surface area (Å²) in [6.45, 7) is 0.293. The van der Waals surface area contributed by atoms with Crippen LogP contribution in [0.3, 0.4) is 0 Å². The van der Waals surface area contributed by atoms with E-state index in [1.807, 2.05) is 30.3 Å². The molecule has 0 aromatic heterocycles. The Morgan fingerprint density at radius 1 is 1.39 bits per heavy atom. The highest BCUT2D eigenvalue weighted by atomic mass is 16.6. The molecule has 2 rings (SSSR count). The van der Waals surface area contributed by atoms with E-state index in [0.717, 1.165) is 10.5 Å². The maximum Gasteiger partial charge on any atom is 0.417 e. The molecule has 1 fully saturated rings. The van der Waals surface area contributed by atoms with Crippen LogP contribution in [-0.2, 0) is 16.1 Å². The third-order valence-electron chi connectivity index (χ3n) is 2.61. The van der Waals surface area contributed by atoms with Crippen LogP contribution in [0.5, 0.6) is 0 Å². The fourth-order valence-electron chi connectivity index (χ4n) is 1.65. The smallest absolute Gasteiger partial charge is 0.417 e. The quantitative estimate of drug-likeness (QED) is 0.580. The summed E-state index contributed by atoms with van der Waals surface area (Å²) in [6, 6.07) is 9.17. The topological polar surface area (TPSA) is 83.0 Å². The first-order valence-electron chi connectivity index (χ1n) is 5.46. The van der Waals surface area contributed by atoms with E-state index < -0.39 is 12.0 Å². The average Bonchev–Trinajstić information content (AvgIpc) is 2.78. The number of likely N-dealkylation sites (tertiary alicyclic amines) is 1. The van der Waals surface area contributed by atoms with Gasteiger partial charge in [0, 0.05) is 6.54 Å². The van der Waals surface area contributed by atoms with E-state index in [4.69, 9.17) is 10.3 Å². The van der Waals surface area contributed by atoms with E-state index >= 15 is 0 Å².